The smallest absolute Gasteiger partial charge is 0.183 e. The van der Waals surface area contributed by atoms with E-state index < -0.39 is 5.82 Å². The largest absolute Gasteiger partial charge is 0.467 e. The molecule has 5 heteroatoms. The zero-order valence-electron chi connectivity index (χ0n) is 7.27. The molecule has 2 heterocycles. The van der Waals surface area contributed by atoms with Crippen molar-refractivity contribution in [2.45, 2.75) is 6.54 Å². The van der Waals surface area contributed by atoms with Gasteiger partial charge >= 0.3 is 0 Å². The molecule has 0 spiro atoms. The molecule has 2 rings (SSSR count). The van der Waals surface area contributed by atoms with Gasteiger partial charge in [-0.15, -0.1) is 0 Å². The zero-order valence-corrected chi connectivity index (χ0v) is 7.27. The topological polar surface area (TPSA) is 51.0 Å². The summed E-state index contributed by atoms with van der Waals surface area (Å²) >= 11 is 0. The second-order valence-corrected chi connectivity index (χ2v) is 2.65. The van der Waals surface area contributed by atoms with Crippen molar-refractivity contribution in [3.63, 3.8) is 0 Å². The van der Waals surface area contributed by atoms with Crippen molar-refractivity contribution in [1.29, 1.82) is 0 Å². The molecule has 2 aromatic rings. The molecule has 4 nitrogen and oxygen atoms in total. The molecule has 0 aliphatic carbocycles. The van der Waals surface area contributed by atoms with Crippen LogP contribution in [0.3, 0.4) is 0 Å². The first-order valence-electron chi connectivity index (χ1n) is 4.08. The van der Waals surface area contributed by atoms with Gasteiger partial charge in [0.05, 0.1) is 19.0 Å². The van der Waals surface area contributed by atoms with Gasteiger partial charge in [0.1, 0.15) is 12.1 Å². The maximum absolute atomic E-state index is 13.0. The van der Waals surface area contributed by atoms with Crippen molar-refractivity contribution in [1.82, 2.24) is 9.97 Å². The number of aromatic nitrogens is 2. The van der Waals surface area contributed by atoms with E-state index in [0.29, 0.717) is 6.54 Å². The molecule has 1 N–H and O–H groups in total. The lowest BCUT2D eigenvalue weighted by atomic mass is 10.4. The van der Waals surface area contributed by atoms with Gasteiger partial charge in [0.25, 0.3) is 0 Å². The van der Waals surface area contributed by atoms with Crippen LogP contribution in [0.1, 0.15) is 5.76 Å². The number of halogens is 1. The van der Waals surface area contributed by atoms with Crippen LogP contribution in [0.4, 0.5) is 10.2 Å². The van der Waals surface area contributed by atoms with Crippen LogP contribution in [0.2, 0.25) is 0 Å². The van der Waals surface area contributed by atoms with Gasteiger partial charge in [0.15, 0.2) is 11.6 Å². The summed E-state index contributed by atoms with van der Waals surface area (Å²) in [6, 6.07) is 3.57. The van der Waals surface area contributed by atoms with Gasteiger partial charge in [0, 0.05) is 0 Å². The van der Waals surface area contributed by atoms with Crippen molar-refractivity contribution in [2.75, 3.05) is 5.32 Å². The van der Waals surface area contributed by atoms with Crippen LogP contribution in [0.15, 0.2) is 35.3 Å². The van der Waals surface area contributed by atoms with Crippen LogP contribution < -0.4 is 5.32 Å². The lowest BCUT2D eigenvalue weighted by molar-refractivity contribution is 0.516. The summed E-state index contributed by atoms with van der Waals surface area (Å²) in [5, 5.41) is 2.80. The Balaban J connectivity index is 2.02. The number of anilines is 1. The van der Waals surface area contributed by atoms with E-state index in [1.807, 2.05) is 0 Å². The first-order chi connectivity index (χ1) is 6.86. The van der Waals surface area contributed by atoms with Crippen LogP contribution in [0.25, 0.3) is 0 Å². The molecule has 72 valence electrons. The summed E-state index contributed by atoms with van der Waals surface area (Å²) in [7, 11) is 0. The van der Waals surface area contributed by atoms with Crippen LogP contribution in [0, 0.1) is 5.82 Å². The molecule has 2 aromatic heterocycles. The van der Waals surface area contributed by atoms with Crippen LogP contribution in [0.5, 0.6) is 0 Å². The maximum atomic E-state index is 13.0. The predicted octanol–water partition coefficient (Wildman–Crippen LogP) is 1.82. The van der Waals surface area contributed by atoms with Crippen LogP contribution in [-0.4, -0.2) is 9.97 Å². The van der Waals surface area contributed by atoms with E-state index in [2.05, 4.69) is 15.3 Å². The van der Waals surface area contributed by atoms with E-state index >= 15 is 0 Å². The standard InChI is InChI=1S/C9H8FN3O/c10-8-5-11-6-13-9(8)12-4-7-2-1-3-14-7/h1-3,5-6H,4H2,(H,11,12,13). The number of hydrogen-bond donors (Lipinski definition) is 1. The molecule has 0 aliphatic heterocycles. The Morgan fingerprint density at radius 1 is 1.50 bits per heavy atom. The first kappa shape index (κ1) is 8.68. The average molecular weight is 193 g/mol. The van der Waals surface area contributed by atoms with E-state index in [1.165, 1.54) is 6.33 Å². The van der Waals surface area contributed by atoms with Gasteiger partial charge < -0.3 is 9.73 Å². The molecular weight excluding hydrogens is 185 g/mol. The van der Waals surface area contributed by atoms with E-state index in [0.717, 1.165) is 12.0 Å². The molecule has 0 saturated carbocycles. The van der Waals surface area contributed by atoms with Crippen molar-refractivity contribution < 1.29 is 8.81 Å². The Morgan fingerprint density at radius 2 is 2.43 bits per heavy atom. The van der Waals surface area contributed by atoms with Gasteiger partial charge in [-0.2, -0.15) is 0 Å². The first-order valence-corrected chi connectivity index (χ1v) is 4.08. The second kappa shape index (κ2) is 3.87. The van der Waals surface area contributed by atoms with E-state index in [4.69, 9.17) is 4.42 Å². The number of nitrogens with one attached hydrogen (secondary N) is 1. The normalized spacial score (nSPS) is 10.1. The van der Waals surface area contributed by atoms with Crippen molar-refractivity contribution >= 4 is 5.82 Å². The van der Waals surface area contributed by atoms with Crippen molar-refractivity contribution in [2.24, 2.45) is 0 Å². The lowest BCUT2D eigenvalue weighted by Crippen LogP contribution is -2.02. The third-order valence-corrected chi connectivity index (χ3v) is 1.68. The third kappa shape index (κ3) is 1.87. The predicted molar refractivity (Wildman–Crippen MR) is 48.0 cm³/mol. The highest BCUT2D eigenvalue weighted by Gasteiger charge is 2.02. The molecule has 0 saturated heterocycles. The molecule has 0 aliphatic rings. The fraction of sp³-hybridized carbons (Fsp3) is 0.111. The van der Waals surface area contributed by atoms with Gasteiger partial charge in [0.2, 0.25) is 0 Å². The summed E-state index contributed by atoms with van der Waals surface area (Å²) < 4.78 is 18.1. The summed E-state index contributed by atoms with van der Waals surface area (Å²) in [4.78, 5) is 7.28. The molecule has 14 heavy (non-hydrogen) atoms. The minimum atomic E-state index is -0.473. The Kier molecular flexibility index (Phi) is 2.40. The fourth-order valence-corrected chi connectivity index (χ4v) is 1.03. The van der Waals surface area contributed by atoms with Crippen molar-refractivity contribution in [3.05, 3.63) is 42.5 Å². The van der Waals surface area contributed by atoms with Crippen LogP contribution >= 0.6 is 0 Å². The number of furan rings is 1. The van der Waals surface area contributed by atoms with E-state index in [-0.39, 0.29) is 5.82 Å². The summed E-state index contributed by atoms with van der Waals surface area (Å²) in [5.74, 6) is 0.429. The fourth-order valence-electron chi connectivity index (χ4n) is 1.03. The highest BCUT2D eigenvalue weighted by molar-refractivity contribution is 5.34. The molecule has 0 bridgehead atoms. The Morgan fingerprint density at radius 3 is 3.14 bits per heavy atom. The minimum absolute atomic E-state index is 0.177. The quantitative estimate of drug-likeness (QED) is 0.807. The van der Waals surface area contributed by atoms with E-state index in [1.54, 1.807) is 18.4 Å². The highest BCUT2D eigenvalue weighted by Crippen LogP contribution is 2.09. The SMILES string of the molecule is Fc1cncnc1NCc1ccco1. The zero-order chi connectivity index (χ0) is 9.80. The molecule has 0 amide bonds. The van der Waals surface area contributed by atoms with Gasteiger partial charge in [-0.05, 0) is 12.1 Å². The van der Waals surface area contributed by atoms with Crippen LogP contribution in [-0.2, 0) is 6.54 Å². The third-order valence-electron chi connectivity index (χ3n) is 1.68. The minimum Gasteiger partial charge on any atom is -0.467 e. The Bertz CT molecular complexity index is 402. The van der Waals surface area contributed by atoms with Gasteiger partial charge in [-0.25, -0.2) is 14.4 Å². The Hall–Kier alpha value is -1.91. The van der Waals surface area contributed by atoms with Crippen molar-refractivity contribution in [3.8, 4) is 0 Å². The molecule has 0 unspecified atom stereocenters. The lowest BCUT2D eigenvalue weighted by Gasteiger charge is -2.02. The average Bonchev–Trinajstić information content (AvgIpc) is 2.69. The molecule has 0 aromatic carbocycles. The second-order valence-electron chi connectivity index (χ2n) is 2.65. The highest BCUT2D eigenvalue weighted by atomic mass is 19.1. The molecule has 0 radical (unpaired) electrons. The summed E-state index contributed by atoms with van der Waals surface area (Å²) in [5.41, 5.74) is 0. The van der Waals surface area contributed by atoms with Gasteiger partial charge in [-0.3, -0.25) is 0 Å². The molecule has 0 atom stereocenters. The van der Waals surface area contributed by atoms with Gasteiger partial charge in [-0.1, -0.05) is 0 Å². The molecular formula is C9H8FN3O. The summed E-state index contributed by atoms with van der Waals surface area (Å²) in [6.07, 6.45) is 3.96. The number of hydrogen-bond acceptors (Lipinski definition) is 4. The number of nitrogens with zero attached hydrogens (tertiary/aromatic N) is 2. The Labute approximate surface area is 79.8 Å². The summed E-state index contributed by atoms with van der Waals surface area (Å²) in [6.45, 7) is 0.404. The van der Waals surface area contributed by atoms with E-state index in [9.17, 15) is 4.39 Å². The molecule has 0 fully saturated rings. The monoisotopic (exact) mass is 193 g/mol. The number of rotatable bonds is 3. The maximum Gasteiger partial charge on any atom is 0.183 e.